The molecule has 2 aliphatic rings. The summed E-state index contributed by atoms with van der Waals surface area (Å²) >= 11 is 0. The van der Waals surface area contributed by atoms with E-state index in [0.717, 1.165) is 31.6 Å². The molecule has 0 spiro atoms. The lowest BCUT2D eigenvalue weighted by Gasteiger charge is -2.50. The Morgan fingerprint density at radius 3 is 1.57 bits per heavy atom. The van der Waals surface area contributed by atoms with Gasteiger partial charge in [-0.2, -0.15) is 0 Å². The summed E-state index contributed by atoms with van der Waals surface area (Å²) in [7, 11) is 0. The summed E-state index contributed by atoms with van der Waals surface area (Å²) in [6.45, 7) is 6.98. The number of hydrogen-bond acceptors (Lipinski definition) is 2. The van der Waals surface area contributed by atoms with Gasteiger partial charge in [0.25, 0.3) is 0 Å². The molecule has 142 valence electrons. The van der Waals surface area contributed by atoms with Crippen LogP contribution >= 0.6 is 0 Å². The minimum absolute atomic E-state index is 0.00778. The Hall–Kier alpha value is -2.74. The largest absolute Gasteiger partial charge is 0.399 e. The van der Waals surface area contributed by atoms with E-state index in [9.17, 15) is 0 Å². The van der Waals surface area contributed by atoms with Crippen LogP contribution in [0.4, 0.5) is 11.4 Å². The third-order valence-corrected chi connectivity index (χ3v) is 7.22. The van der Waals surface area contributed by atoms with Crippen molar-refractivity contribution in [3.8, 4) is 0 Å². The summed E-state index contributed by atoms with van der Waals surface area (Å²) in [6.07, 6.45) is 2.24. The van der Waals surface area contributed by atoms with Gasteiger partial charge in [-0.05, 0) is 47.2 Å². The molecule has 2 unspecified atom stereocenters. The van der Waals surface area contributed by atoms with Crippen molar-refractivity contribution >= 4 is 11.4 Å². The summed E-state index contributed by atoms with van der Waals surface area (Å²) in [5.74, 6) is 0. The first-order valence-corrected chi connectivity index (χ1v) is 10.3. The molecule has 2 nitrogen and oxygen atoms in total. The first kappa shape index (κ1) is 17.4. The van der Waals surface area contributed by atoms with Crippen LogP contribution in [0.25, 0.3) is 0 Å². The number of nitrogens with two attached hydrogens (primary N) is 1. The fourth-order valence-corrected chi connectivity index (χ4v) is 5.37. The molecule has 0 fully saturated rings. The molecule has 5 rings (SSSR count). The van der Waals surface area contributed by atoms with Crippen LogP contribution in [-0.2, 0) is 10.8 Å². The van der Waals surface area contributed by atoms with Gasteiger partial charge in [-0.3, -0.25) is 0 Å². The van der Waals surface area contributed by atoms with Crippen molar-refractivity contribution in [1.29, 1.82) is 0 Å². The molecule has 0 radical (unpaired) electrons. The smallest absolute Gasteiger partial charge is 0.0450 e. The Labute approximate surface area is 168 Å². The lowest BCUT2D eigenvalue weighted by molar-refractivity contribution is 0.433. The molecule has 2 atom stereocenters. The lowest BCUT2D eigenvalue weighted by atomic mass is 9.64. The zero-order chi connectivity index (χ0) is 19.4. The Bertz CT molecular complexity index is 933. The normalized spacial score (nSPS) is 26.0. The minimum Gasteiger partial charge on any atom is -0.399 e. The van der Waals surface area contributed by atoms with Crippen LogP contribution < -0.4 is 10.6 Å². The fourth-order valence-electron chi connectivity index (χ4n) is 5.37. The van der Waals surface area contributed by atoms with Gasteiger partial charge in [0.15, 0.2) is 0 Å². The van der Waals surface area contributed by atoms with Gasteiger partial charge in [-0.25, -0.2) is 0 Å². The molecule has 2 N–H and O–H groups in total. The number of hydrogen-bond donors (Lipinski definition) is 1. The molecule has 28 heavy (non-hydrogen) atoms. The van der Waals surface area contributed by atoms with Gasteiger partial charge in [0.1, 0.15) is 0 Å². The average molecular weight is 369 g/mol. The number of benzene rings is 3. The zero-order valence-corrected chi connectivity index (χ0v) is 16.8. The SMILES string of the molecule is CC1(c2ccccc2)CCN2CCC(C)(c3ccccc3)c3cc(N)cc1c32. The summed E-state index contributed by atoms with van der Waals surface area (Å²) < 4.78 is 0. The van der Waals surface area contributed by atoms with E-state index in [1.54, 1.807) is 0 Å². The summed E-state index contributed by atoms with van der Waals surface area (Å²) in [6, 6.07) is 26.3. The van der Waals surface area contributed by atoms with Crippen molar-refractivity contribution < 1.29 is 0 Å². The van der Waals surface area contributed by atoms with E-state index < -0.39 is 0 Å². The van der Waals surface area contributed by atoms with E-state index in [-0.39, 0.29) is 10.8 Å². The van der Waals surface area contributed by atoms with E-state index in [0.29, 0.717) is 0 Å². The van der Waals surface area contributed by atoms with Gasteiger partial charge in [-0.1, -0.05) is 74.5 Å². The quantitative estimate of drug-likeness (QED) is 0.606. The first-order valence-electron chi connectivity index (χ1n) is 10.3. The second-order valence-corrected chi connectivity index (χ2v) is 8.85. The Kier molecular flexibility index (Phi) is 3.80. The average Bonchev–Trinajstić information content (AvgIpc) is 2.74. The van der Waals surface area contributed by atoms with E-state index in [1.165, 1.54) is 27.9 Å². The third kappa shape index (κ3) is 2.40. The van der Waals surface area contributed by atoms with Crippen LogP contribution in [0.2, 0.25) is 0 Å². The van der Waals surface area contributed by atoms with Crippen molar-refractivity contribution in [2.75, 3.05) is 23.7 Å². The van der Waals surface area contributed by atoms with Gasteiger partial charge in [0.2, 0.25) is 0 Å². The summed E-state index contributed by atoms with van der Waals surface area (Å²) in [4.78, 5) is 2.60. The van der Waals surface area contributed by atoms with Crippen LogP contribution in [0, 0.1) is 0 Å². The Balaban J connectivity index is 1.77. The second-order valence-electron chi connectivity index (χ2n) is 8.85. The van der Waals surface area contributed by atoms with Gasteiger partial charge < -0.3 is 10.6 Å². The molecule has 0 aliphatic carbocycles. The van der Waals surface area contributed by atoms with E-state index >= 15 is 0 Å². The van der Waals surface area contributed by atoms with E-state index in [2.05, 4.69) is 91.5 Å². The maximum Gasteiger partial charge on any atom is 0.0450 e. The first-order chi connectivity index (χ1) is 13.5. The third-order valence-electron chi connectivity index (χ3n) is 7.22. The molecule has 3 aromatic carbocycles. The van der Waals surface area contributed by atoms with Gasteiger partial charge in [-0.15, -0.1) is 0 Å². The highest BCUT2D eigenvalue weighted by atomic mass is 15.2. The molecule has 0 aromatic heterocycles. The van der Waals surface area contributed by atoms with Crippen molar-refractivity contribution in [2.24, 2.45) is 0 Å². The van der Waals surface area contributed by atoms with Crippen LogP contribution in [0.5, 0.6) is 0 Å². The van der Waals surface area contributed by atoms with Crippen LogP contribution in [0.1, 0.15) is 48.9 Å². The van der Waals surface area contributed by atoms with Crippen molar-refractivity contribution in [3.63, 3.8) is 0 Å². The van der Waals surface area contributed by atoms with Gasteiger partial charge in [0.05, 0.1) is 0 Å². The predicted octanol–water partition coefficient (Wildman–Crippen LogP) is 5.49. The van der Waals surface area contributed by atoms with Crippen LogP contribution in [0.3, 0.4) is 0 Å². The number of nitrogens with zero attached hydrogens (tertiary/aromatic N) is 1. The molecule has 0 saturated heterocycles. The molecular weight excluding hydrogens is 340 g/mol. The number of nitrogen functional groups attached to an aromatic ring is 1. The summed E-state index contributed by atoms with van der Waals surface area (Å²) in [5.41, 5.74) is 14.3. The fraction of sp³-hybridized carbons (Fsp3) is 0.308. The van der Waals surface area contributed by atoms with Gasteiger partial charge in [0, 0.05) is 35.3 Å². The van der Waals surface area contributed by atoms with Crippen molar-refractivity contribution in [3.05, 3.63) is 95.1 Å². The van der Waals surface area contributed by atoms with Crippen LogP contribution in [-0.4, -0.2) is 13.1 Å². The van der Waals surface area contributed by atoms with Gasteiger partial charge >= 0.3 is 0 Å². The molecule has 3 aromatic rings. The lowest BCUT2D eigenvalue weighted by Crippen LogP contribution is -2.46. The number of anilines is 2. The zero-order valence-electron chi connectivity index (χ0n) is 16.8. The van der Waals surface area contributed by atoms with Crippen molar-refractivity contribution in [1.82, 2.24) is 0 Å². The van der Waals surface area contributed by atoms with Crippen LogP contribution in [0.15, 0.2) is 72.8 Å². The highest BCUT2D eigenvalue weighted by Gasteiger charge is 2.44. The summed E-state index contributed by atoms with van der Waals surface area (Å²) in [5, 5.41) is 0. The molecule has 2 heterocycles. The Morgan fingerprint density at radius 1 is 0.714 bits per heavy atom. The molecule has 0 amide bonds. The standard InChI is InChI=1S/C26H28N2/c1-25(19-9-5-3-6-10-19)13-15-28-16-14-26(2,20-11-7-4-8-12-20)23-18-21(27)17-22(25)24(23)28/h3-12,17-18H,13-16,27H2,1-2H3. The Morgan fingerprint density at radius 2 is 1.14 bits per heavy atom. The molecule has 0 bridgehead atoms. The molecule has 2 aliphatic heterocycles. The number of rotatable bonds is 2. The second kappa shape index (κ2) is 6.13. The van der Waals surface area contributed by atoms with E-state index in [4.69, 9.17) is 5.73 Å². The minimum atomic E-state index is -0.00778. The predicted molar refractivity (Wildman–Crippen MR) is 118 cm³/mol. The maximum atomic E-state index is 6.51. The molecular formula is C26H28N2. The monoisotopic (exact) mass is 368 g/mol. The highest BCUT2D eigenvalue weighted by molar-refractivity contribution is 5.74. The topological polar surface area (TPSA) is 29.3 Å². The van der Waals surface area contributed by atoms with Crippen molar-refractivity contribution in [2.45, 2.75) is 37.5 Å². The maximum absolute atomic E-state index is 6.51. The van der Waals surface area contributed by atoms with E-state index in [1.807, 2.05) is 0 Å². The molecule has 0 saturated carbocycles. The molecule has 2 heteroatoms. The highest BCUT2D eigenvalue weighted by Crippen LogP contribution is 2.53.